The molecule has 4 rings (SSSR count). The van der Waals surface area contributed by atoms with Gasteiger partial charge in [0.05, 0.1) is 11.0 Å². The van der Waals surface area contributed by atoms with Crippen LogP contribution < -0.4 is 10.9 Å². The number of hydrogen-bond donors (Lipinski definition) is 2. The topological polar surface area (TPSA) is 63.1 Å². The van der Waals surface area contributed by atoms with Crippen molar-refractivity contribution in [2.45, 2.75) is 25.2 Å². The highest BCUT2D eigenvalue weighted by Crippen LogP contribution is 2.48. The van der Waals surface area contributed by atoms with Crippen molar-refractivity contribution in [1.82, 2.24) is 15.4 Å². The number of amides is 2. The molecule has 1 fully saturated rings. The fraction of sp³-hybridized carbons (Fsp3) is 0.238. The second kappa shape index (κ2) is 6.02. The summed E-state index contributed by atoms with van der Waals surface area (Å²) in [7, 11) is 1.90. The molecule has 2 aromatic carbocycles. The van der Waals surface area contributed by atoms with Gasteiger partial charge < -0.3 is 4.57 Å². The first kappa shape index (κ1) is 16.4. The van der Waals surface area contributed by atoms with Crippen molar-refractivity contribution in [3.63, 3.8) is 0 Å². The summed E-state index contributed by atoms with van der Waals surface area (Å²) in [4.78, 5) is 25.3. The summed E-state index contributed by atoms with van der Waals surface area (Å²) in [6.07, 6.45) is 3.37. The van der Waals surface area contributed by atoms with Gasteiger partial charge in [0.25, 0.3) is 5.91 Å². The number of aryl methyl sites for hydroxylation is 2. The zero-order valence-electron chi connectivity index (χ0n) is 14.9. The highest BCUT2D eigenvalue weighted by atomic mass is 16.2. The summed E-state index contributed by atoms with van der Waals surface area (Å²) >= 11 is 0. The van der Waals surface area contributed by atoms with Crippen LogP contribution in [0.25, 0.3) is 10.9 Å². The zero-order valence-corrected chi connectivity index (χ0v) is 14.9. The maximum absolute atomic E-state index is 12.7. The highest BCUT2D eigenvalue weighted by Gasteiger charge is 2.51. The fourth-order valence-electron chi connectivity index (χ4n) is 3.54. The van der Waals surface area contributed by atoms with Gasteiger partial charge in [-0.1, -0.05) is 48.0 Å². The van der Waals surface area contributed by atoms with E-state index in [1.165, 1.54) is 0 Å². The Bertz CT molecular complexity index is 1020. The molecule has 0 atom stereocenters. The average molecular weight is 347 g/mol. The van der Waals surface area contributed by atoms with Crippen molar-refractivity contribution in [3.05, 3.63) is 71.4 Å². The lowest BCUT2D eigenvalue weighted by Gasteiger charge is -2.16. The third kappa shape index (κ3) is 2.65. The average Bonchev–Trinajstić information content (AvgIpc) is 3.39. The Morgan fingerprint density at radius 3 is 2.54 bits per heavy atom. The zero-order chi connectivity index (χ0) is 18.3. The number of benzene rings is 2. The van der Waals surface area contributed by atoms with Crippen molar-refractivity contribution in [1.29, 1.82) is 0 Å². The van der Waals surface area contributed by atoms with E-state index in [4.69, 9.17) is 0 Å². The number of fused-ring (bicyclic) bond motifs is 1. The molecule has 26 heavy (non-hydrogen) atoms. The molecule has 3 aromatic rings. The second-order valence-corrected chi connectivity index (χ2v) is 7.03. The number of aromatic nitrogens is 1. The lowest BCUT2D eigenvalue weighted by Crippen LogP contribution is -2.46. The Kier molecular flexibility index (Phi) is 3.80. The first-order valence-corrected chi connectivity index (χ1v) is 8.73. The van der Waals surface area contributed by atoms with E-state index in [1.54, 1.807) is 6.20 Å². The molecule has 0 aliphatic heterocycles. The molecule has 0 radical (unpaired) electrons. The third-order valence-electron chi connectivity index (χ3n) is 5.19. The van der Waals surface area contributed by atoms with E-state index >= 15 is 0 Å². The number of carbonyl (C=O) groups excluding carboxylic acids is 2. The van der Waals surface area contributed by atoms with E-state index in [9.17, 15) is 9.59 Å². The molecule has 2 N–H and O–H groups in total. The number of nitrogens with one attached hydrogen (secondary N) is 2. The summed E-state index contributed by atoms with van der Waals surface area (Å²) in [5.74, 6) is -0.466. The van der Waals surface area contributed by atoms with E-state index in [0.29, 0.717) is 5.56 Å². The Hall–Kier alpha value is -3.08. The molecule has 0 bridgehead atoms. The predicted molar refractivity (Wildman–Crippen MR) is 101 cm³/mol. The van der Waals surface area contributed by atoms with Crippen LogP contribution in [0.4, 0.5) is 0 Å². The Morgan fingerprint density at radius 2 is 1.81 bits per heavy atom. The number of hydrazine groups is 1. The molecule has 5 nitrogen and oxygen atoms in total. The number of carbonyl (C=O) groups is 2. The number of nitrogens with zero attached hydrogens (tertiary/aromatic N) is 1. The van der Waals surface area contributed by atoms with Crippen LogP contribution in [0.3, 0.4) is 0 Å². The second-order valence-electron chi connectivity index (χ2n) is 7.03. The van der Waals surface area contributed by atoms with Crippen LogP contribution in [0, 0.1) is 6.92 Å². The monoisotopic (exact) mass is 347 g/mol. The summed E-state index contributed by atoms with van der Waals surface area (Å²) in [6.45, 7) is 2.01. The van der Waals surface area contributed by atoms with Crippen LogP contribution in [0.15, 0.2) is 54.7 Å². The number of hydrogen-bond acceptors (Lipinski definition) is 2. The van der Waals surface area contributed by atoms with Crippen LogP contribution >= 0.6 is 0 Å². The van der Waals surface area contributed by atoms with Crippen LogP contribution in [-0.4, -0.2) is 16.4 Å². The summed E-state index contributed by atoms with van der Waals surface area (Å²) < 4.78 is 1.90. The largest absolute Gasteiger partial charge is 0.350 e. The maximum atomic E-state index is 12.7. The Balaban J connectivity index is 1.50. The first-order chi connectivity index (χ1) is 12.5. The maximum Gasteiger partial charge on any atom is 0.271 e. The van der Waals surface area contributed by atoms with Crippen molar-refractivity contribution in [2.24, 2.45) is 7.05 Å². The molecule has 1 aromatic heterocycles. The molecule has 132 valence electrons. The van der Waals surface area contributed by atoms with Gasteiger partial charge in [-0.3, -0.25) is 20.4 Å². The molecule has 0 saturated heterocycles. The van der Waals surface area contributed by atoms with Crippen LogP contribution in [-0.2, 0) is 17.3 Å². The normalized spacial score (nSPS) is 14.8. The van der Waals surface area contributed by atoms with Crippen molar-refractivity contribution in [3.8, 4) is 0 Å². The van der Waals surface area contributed by atoms with Gasteiger partial charge in [0, 0.05) is 24.1 Å². The number of rotatable bonds is 3. The van der Waals surface area contributed by atoms with Gasteiger partial charge in [-0.2, -0.15) is 0 Å². The standard InChI is InChI=1S/C21H21N3O2/c1-14-6-5-7-15(12-14)21(10-11-21)20(26)23-22-19(25)17-13-24(2)18-9-4-3-8-16(17)18/h3-9,12-13H,10-11H2,1-2H3,(H,22,25)(H,23,26). The van der Waals surface area contributed by atoms with Gasteiger partial charge in [0.1, 0.15) is 0 Å². The minimum atomic E-state index is -0.516. The van der Waals surface area contributed by atoms with Gasteiger partial charge in [-0.15, -0.1) is 0 Å². The molecule has 2 amide bonds. The quantitative estimate of drug-likeness (QED) is 0.716. The minimum absolute atomic E-state index is 0.156. The third-order valence-corrected chi connectivity index (χ3v) is 5.19. The Morgan fingerprint density at radius 1 is 1.04 bits per heavy atom. The van der Waals surface area contributed by atoms with Gasteiger partial charge >= 0.3 is 0 Å². The highest BCUT2D eigenvalue weighted by molar-refractivity contribution is 6.07. The van der Waals surface area contributed by atoms with Crippen LogP contribution in [0.5, 0.6) is 0 Å². The molecule has 1 aliphatic rings. The van der Waals surface area contributed by atoms with Gasteiger partial charge in [0.15, 0.2) is 0 Å². The summed E-state index contributed by atoms with van der Waals surface area (Å²) in [5.41, 5.74) is 8.35. The number of para-hydroxylation sites is 1. The van der Waals surface area contributed by atoms with Crippen molar-refractivity contribution >= 4 is 22.7 Å². The molecule has 1 saturated carbocycles. The van der Waals surface area contributed by atoms with Crippen LogP contribution in [0.1, 0.15) is 34.3 Å². The fourth-order valence-corrected chi connectivity index (χ4v) is 3.54. The molecule has 5 heteroatoms. The molecule has 1 heterocycles. The lowest BCUT2D eigenvalue weighted by atomic mass is 9.94. The summed E-state index contributed by atoms with van der Waals surface area (Å²) in [6, 6.07) is 15.7. The van der Waals surface area contributed by atoms with E-state index in [-0.39, 0.29) is 11.8 Å². The Labute approximate surface area is 152 Å². The first-order valence-electron chi connectivity index (χ1n) is 8.73. The van der Waals surface area contributed by atoms with Crippen molar-refractivity contribution in [2.75, 3.05) is 0 Å². The SMILES string of the molecule is Cc1cccc(C2(C(=O)NNC(=O)c3cn(C)c4ccccc34)CC2)c1. The molecule has 1 aliphatic carbocycles. The van der Waals surface area contributed by atoms with E-state index in [0.717, 1.165) is 34.9 Å². The van der Waals surface area contributed by atoms with E-state index < -0.39 is 5.41 Å². The van der Waals surface area contributed by atoms with Gasteiger partial charge in [0.2, 0.25) is 5.91 Å². The molecule has 0 unspecified atom stereocenters. The van der Waals surface area contributed by atoms with Crippen molar-refractivity contribution < 1.29 is 9.59 Å². The lowest BCUT2D eigenvalue weighted by molar-refractivity contribution is -0.124. The minimum Gasteiger partial charge on any atom is -0.350 e. The molecular weight excluding hydrogens is 326 g/mol. The van der Waals surface area contributed by atoms with E-state index in [2.05, 4.69) is 10.9 Å². The van der Waals surface area contributed by atoms with Gasteiger partial charge in [-0.05, 0) is 31.4 Å². The van der Waals surface area contributed by atoms with E-state index in [1.807, 2.05) is 67.1 Å². The predicted octanol–water partition coefficient (Wildman–Crippen LogP) is 2.98. The van der Waals surface area contributed by atoms with Gasteiger partial charge in [-0.25, -0.2) is 0 Å². The molecule has 0 spiro atoms. The smallest absolute Gasteiger partial charge is 0.271 e. The van der Waals surface area contributed by atoms with Crippen LogP contribution in [0.2, 0.25) is 0 Å². The summed E-state index contributed by atoms with van der Waals surface area (Å²) in [5, 5.41) is 0.863. The molecular formula is C21H21N3O2.